The summed E-state index contributed by atoms with van der Waals surface area (Å²) in [6.45, 7) is 2.62. The van der Waals surface area contributed by atoms with Gasteiger partial charge in [-0.1, -0.05) is 45.6 Å². The van der Waals surface area contributed by atoms with Crippen LogP contribution >= 0.6 is 27.5 Å². The maximum absolute atomic E-state index is 12.7. The second kappa shape index (κ2) is 13.3. The molecule has 6 nitrogen and oxygen atoms in total. The smallest absolute Gasteiger partial charge is 0.266 e. The van der Waals surface area contributed by atoms with Gasteiger partial charge in [-0.15, -0.1) is 6.42 Å². The van der Waals surface area contributed by atoms with Gasteiger partial charge in [-0.2, -0.15) is 5.26 Å². The molecule has 0 fully saturated rings. The summed E-state index contributed by atoms with van der Waals surface area (Å²) < 4.78 is 17.8. The number of halogens is 2. The molecule has 0 radical (unpaired) electrons. The predicted octanol–water partition coefficient (Wildman–Crippen LogP) is 6.64. The number of nitrogens with zero attached hydrogens (tertiary/aromatic N) is 1. The average Bonchev–Trinajstić information content (AvgIpc) is 2.87. The van der Waals surface area contributed by atoms with Gasteiger partial charge in [-0.25, -0.2) is 0 Å². The van der Waals surface area contributed by atoms with Crippen LogP contribution < -0.4 is 19.5 Å². The van der Waals surface area contributed by atoms with E-state index in [2.05, 4.69) is 27.2 Å². The van der Waals surface area contributed by atoms with E-state index in [0.29, 0.717) is 41.7 Å². The highest BCUT2D eigenvalue weighted by Gasteiger charge is 2.15. The van der Waals surface area contributed by atoms with Crippen LogP contribution in [0.5, 0.6) is 17.2 Å². The fourth-order valence-electron chi connectivity index (χ4n) is 3.08. The number of hydrogen-bond donors (Lipinski definition) is 1. The first-order valence-electron chi connectivity index (χ1n) is 10.9. The van der Waals surface area contributed by atoms with Crippen molar-refractivity contribution in [2.45, 2.75) is 13.5 Å². The normalized spacial score (nSPS) is 10.6. The van der Waals surface area contributed by atoms with Crippen molar-refractivity contribution >= 4 is 45.2 Å². The Morgan fingerprint density at radius 3 is 2.47 bits per heavy atom. The number of nitriles is 1. The molecular formula is C28H22BrClN2O4. The van der Waals surface area contributed by atoms with E-state index >= 15 is 0 Å². The zero-order valence-electron chi connectivity index (χ0n) is 19.4. The first-order chi connectivity index (χ1) is 17.4. The van der Waals surface area contributed by atoms with E-state index < -0.39 is 5.91 Å². The summed E-state index contributed by atoms with van der Waals surface area (Å²) in [6.07, 6.45) is 6.68. The molecule has 0 heterocycles. The van der Waals surface area contributed by atoms with Gasteiger partial charge in [0.25, 0.3) is 5.91 Å². The Balaban J connectivity index is 1.69. The largest absolute Gasteiger partial charge is 0.490 e. The van der Waals surface area contributed by atoms with E-state index in [1.807, 2.05) is 37.3 Å². The molecule has 36 heavy (non-hydrogen) atoms. The van der Waals surface area contributed by atoms with Gasteiger partial charge in [-0.3, -0.25) is 4.79 Å². The van der Waals surface area contributed by atoms with Crippen LogP contribution in [0.4, 0.5) is 5.69 Å². The molecule has 1 amide bonds. The number of ether oxygens (including phenoxy) is 3. The second-order valence-electron chi connectivity index (χ2n) is 7.32. The van der Waals surface area contributed by atoms with Crippen molar-refractivity contribution in [3.8, 4) is 35.7 Å². The van der Waals surface area contributed by atoms with Crippen molar-refractivity contribution in [2.75, 3.05) is 18.5 Å². The summed E-state index contributed by atoms with van der Waals surface area (Å²) in [5.74, 6) is 3.12. The monoisotopic (exact) mass is 564 g/mol. The molecule has 0 saturated carbocycles. The summed E-state index contributed by atoms with van der Waals surface area (Å²) in [4.78, 5) is 12.7. The number of amides is 1. The Labute approximate surface area is 223 Å². The Hall–Kier alpha value is -3.91. The maximum atomic E-state index is 12.7. The first kappa shape index (κ1) is 26.7. The van der Waals surface area contributed by atoms with E-state index in [0.717, 1.165) is 10.0 Å². The third-order valence-corrected chi connectivity index (χ3v) is 5.55. The van der Waals surface area contributed by atoms with Crippen molar-refractivity contribution in [3.05, 3.63) is 86.9 Å². The van der Waals surface area contributed by atoms with Crippen LogP contribution in [0, 0.1) is 23.7 Å². The van der Waals surface area contributed by atoms with E-state index in [9.17, 15) is 10.1 Å². The quantitative estimate of drug-likeness (QED) is 0.169. The summed E-state index contributed by atoms with van der Waals surface area (Å²) in [7, 11) is 0. The molecule has 0 aliphatic rings. The fraction of sp³-hybridized carbons (Fsp3) is 0.143. The van der Waals surface area contributed by atoms with Gasteiger partial charge in [0.05, 0.1) is 11.6 Å². The molecule has 0 unspecified atom stereocenters. The van der Waals surface area contributed by atoms with Gasteiger partial charge in [-0.05, 0) is 72.7 Å². The highest BCUT2D eigenvalue weighted by molar-refractivity contribution is 9.10. The lowest BCUT2D eigenvalue weighted by Crippen LogP contribution is -2.13. The molecule has 182 valence electrons. The topological polar surface area (TPSA) is 80.6 Å². The summed E-state index contributed by atoms with van der Waals surface area (Å²) in [5, 5.41) is 12.5. The number of anilines is 1. The maximum Gasteiger partial charge on any atom is 0.266 e. The van der Waals surface area contributed by atoms with Gasteiger partial charge in [0.15, 0.2) is 11.5 Å². The minimum Gasteiger partial charge on any atom is -0.490 e. The number of benzene rings is 3. The lowest BCUT2D eigenvalue weighted by Gasteiger charge is -2.13. The average molecular weight is 566 g/mol. The minimum absolute atomic E-state index is 0.0227. The second-order valence-corrected chi connectivity index (χ2v) is 8.64. The molecule has 0 bridgehead atoms. The number of nitrogens with one attached hydrogen (secondary N) is 1. The van der Waals surface area contributed by atoms with E-state index in [-0.39, 0.29) is 17.2 Å². The molecule has 0 aliphatic carbocycles. The predicted molar refractivity (Wildman–Crippen MR) is 144 cm³/mol. The van der Waals surface area contributed by atoms with E-state index in [4.69, 9.17) is 32.2 Å². The van der Waals surface area contributed by atoms with Crippen molar-refractivity contribution in [1.29, 1.82) is 5.26 Å². The zero-order valence-corrected chi connectivity index (χ0v) is 21.7. The molecule has 0 spiro atoms. The van der Waals surface area contributed by atoms with Gasteiger partial charge in [0.2, 0.25) is 0 Å². The molecule has 1 N–H and O–H groups in total. The van der Waals surface area contributed by atoms with Crippen LogP contribution in [0.15, 0.2) is 70.7 Å². The Morgan fingerprint density at radius 2 is 1.83 bits per heavy atom. The molecule has 0 saturated heterocycles. The fourth-order valence-corrected chi connectivity index (χ4v) is 3.62. The van der Waals surface area contributed by atoms with Crippen LogP contribution in [0.2, 0.25) is 5.02 Å². The summed E-state index contributed by atoms with van der Waals surface area (Å²) >= 11 is 9.73. The van der Waals surface area contributed by atoms with Crippen LogP contribution in [0.25, 0.3) is 6.08 Å². The number of terminal acetylenes is 1. The highest BCUT2D eigenvalue weighted by atomic mass is 79.9. The first-order valence-corrected chi connectivity index (χ1v) is 12.0. The Bertz CT molecular complexity index is 1320. The van der Waals surface area contributed by atoms with Gasteiger partial charge >= 0.3 is 0 Å². The molecule has 8 heteroatoms. The van der Waals surface area contributed by atoms with Crippen LogP contribution in [0.1, 0.15) is 18.1 Å². The third-order valence-electron chi connectivity index (χ3n) is 4.74. The van der Waals surface area contributed by atoms with Crippen molar-refractivity contribution in [3.63, 3.8) is 0 Å². The van der Waals surface area contributed by atoms with E-state index in [1.54, 1.807) is 36.4 Å². The van der Waals surface area contributed by atoms with Crippen molar-refractivity contribution < 1.29 is 19.0 Å². The molecule has 0 atom stereocenters. The van der Waals surface area contributed by atoms with Crippen LogP contribution in [-0.4, -0.2) is 19.1 Å². The summed E-state index contributed by atoms with van der Waals surface area (Å²) in [6, 6.07) is 19.8. The van der Waals surface area contributed by atoms with Gasteiger partial charge in [0.1, 0.15) is 30.6 Å². The number of hydrogen-bond acceptors (Lipinski definition) is 5. The molecular weight excluding hydrogens is 544 g/mol. The Kier molecular flexibility index (Phi) is 9.82. The lowest BCUT2D eigenvalue weighted by molar-refractivity contribution is -0.112. The molecule has 3 rings (SSSR count). The van der Waals surface area contributed by atoms with E-state index in [1.165, 1.54) is 6.08 Å². The van der Waals surface area contributed by atoms with Gasteiger partial charge in [0, 0.05) is 10.2 Å². The SMILES string of the molecule is C#CCOc1c(Cl)cc(/C=C(\C#N)C(=O)Nc2ccc(OCc3ccc(Br)cc3)cc2)cc1OCC. The number of carbonyl (C=O) groups excluding carboxylic acids is 1. The Morgan fingerprint density at radius 1 is 1.11 bits per heavy atom. The standard InChI is InChI=1S/C28H22BrClN2O4/c1-3-13-35-27-25(30)15-20(16-26(27)34-4-2)14-21(17-31)28(33)32-23-9-11-24(12-10-23)36-18-19-5-7-22(29)8-6-19/h1,5-12,14-16H,4,13,18H2,2H3,(H,32,33)/b21-14+. The number of carbonyl (C=O) groups is 1. The molecule has 0 aromatic heterocycles. The zero-order chi connectivity index (χ0) is 25.9. The lowest BCUT2D eigenvalue weighted by atomic mass is 10.1. The van der Waals surface area contributed by atoms with Crippen molar-refractivity contribution in [1.82, 2.24) is 0 Å². The van der Waals surface area contributed by atoms with Gasteiger partial charge < -0.3 is 19.5 Å². The van der Waals surface area contributed by atoms with Crippen molar-refractivity contribution in [2.24, 2.45) is 0 Å². The third kappa shape index (κ3) is 7.55. The van der Waals surface area contributed by atoms with Crippen LogP contribution in [0.3, 0.4) is 0 Å². The highest BCUT2D eigenvalue weighted by Crippen LogP contribution is 2.37. The molecule has 0 aliphatic heterocycles. The summed E-state index contributed by atoms with van der Waals surface area (Å²) in [5.41, 5.74) is 1.94. The number of rotatable bonds is 10. The molecule has 3 aromatic carbocycles. The van der Waals surface area contributed by atoms with Crippen LogP contribution in [-0.2, 0) is 11.4 Å². The minimum atomic E-state index is -0.567. The molecule has 3 aromatic rings.